The summed E-state index contributed by atoms with van der Waals surface area (Å²) in [6.45, 7) is 6.87. The van der Waals surface area contributed by atoms with Gasteiger partial charge in [0.25, 0.3) is 0 Å². The number of aryl methyl sites for hydroxylation is 1. The zero-order valence-electron chi connectivity index (χ0n) is 11.0. The average molecular weight is 249 g/mol. The first-order valence-corrected chi connectivity index (χ1v) is 6.14. The first kappa shape index (κ1) is 12.6. The molecule has 0 saturated carbocycles. The van der Waals surface area contributed by atoms with Gasteiger partial charge in [0.1, 0.15) is 0 Å². The summed E-state index contributed by atoms with van der Waals surface area (Å²) in [6.07, 6.45) is 2.26. The van der Waals surface area contributed by atoms with Crippen LogP contribution >= 0.6 is 0 Å². The van der Waals surface area contributed by atoms with E-state index in [1.807, 2.05) is 13.8 Å². The van der Waals surface area contributed by atoms with Crippen molar-refractivity contribution >= 4 is 11.7 Å². The molecule has 0 radical (unpaired) electrons. The normalized spacial score (nSPS) is 20.5. The Hall–Kier alpha value is -1.85. The molecule has 1 aliphatic heterocycles. The van der Waals surface area contributed by atoms with Gasteiger partial charge in [0, 0.05) is 12.6 Å². The van der Waals surface area contributed by atoms with Gasteiger partial charge in [-0.05, 0) is 39.2 Å². The fourth-order valence-electron chi connectivity index (χ4n) is 2.40. The minimum atomic E-state index is 0.0969. The van der Waals surface area contributed by atoms with Crippen LogP contribution < -0.4 is 10.6 Å². The minimum absolute atomic E-state index is 0.0969. The Kier molecular flexibility index (Phi) is 3.36. The molecule has 18 heavy (non-hydrogen) atoms. The van der Waals surface area contributed by atoms with Crippen LogP contribution in [0.5, 0.6) is 0 Å². The monoisotopic (exact) mass is 249 g/mol. The number of nitrogens with zero attached hydrogens (tertiary/aromatic N) is 4. The summed E-state index contributed by atoms with van der Waals surface area (Å²) < 4.78 is 0. The van der Waals surface area contributed by atoms with Crippen LogP contribution in [0.3, 0.4) is 0 Å². The van der Waals surface area contributed by atoms with Gasteiger partial charge in [0.15, 0.2) is 11.7 Å². The van der Waals surface area contributed by atoms with E-state index in [0.717, 1.165) is 36.5 Å². The van der Waals surface area contributed by atoms with Crippen LogP contribution in [-0.2, 0) is 0 Å². The Balaban J connectivity index is 2.56. The maximum atomic E-state index is 8.93. The van der Waals surface area contributed by atoms with Gasteiger partial charge in [-0.15, -0.1) is 5.10 Å². The van der Waals surface area contributed by atoms with E-state index >= 15 is 0 Å². The lowest BCUT2D eigenvalue weighted by Crippen LogP contribution is -2.31. The largest absolute Gasteiger partial charge is 0.409 e. The maximum Gasteiger partial charge on any atom is 0.174 e. The molecule has 1 aliphatic rings. The molecule has 1 atom stereocenters. The van der Waals surface area contributed by atoms with Gasteiger partial charge in [0.2, 0.25) is 0 Å². The van der Waals surface area contributed by atoms with E-state index in [9.17, 15) is 0 Å². The molecular weight excluding hydrogens is 230 g/mol. The quantitative estimate of drug-likeness (QED) is 0.355. The standard InChI is InChI=1S/C12H19N5O/c1-7-5-4-6-17(7)12-10(11(13)16-18)8(2)9(3)14-15-12/h7,18H,4-6H2,1-3H3,(H2,13,16). The number of hydrogen-bond acceptors (Lipinski definition) is 5. The van der Waals surface area contributed by atoms with Gasteiger partial charge >= 0.3 is 0 Å². The van der Waals surface area contributed by atoms with Crippen LogP contribution in [0.1, 0.15) is 36.6 Å². The summed E-state index contributed by atoms with van der Waals surface area (Å²) in [5.41, 5.74) is 8.19. The molecule has 1 aromatic rings. The second kappa shape index (κ2) is 4.80. The zero-order chi connectivity index (χ0) is 13.3. The molecule has 6 heteroatoms. The van der Waals surface area contributed by atoms with Crippen LogP contribution in [0, 0.1) is 13.8 Å². The predicted molar refractivity (Wildman–Crippen MR) is 70.1 cm³/mol. The SMILES string of the molecule is Cc1nnc(N2CCCC2C)c(/C(N)=N/O)c1C. The highest BCUT2D eigenvalue weighted by molar-refractivity contribution is 6.02. The molecule has 1 unspecified atom stereocenters. The fraction of sp³-hybridized carbons (Fsp3) is 0.583. The smallest absolute Gasteiger partial charge is 0.174 e. The van der Waals surface area contributed by atoms with Crippen molar-refractivity contribution < 1.29 is 5.21 Å². The van der Waals surface area contributed by atoms with E-state index in [4.69, 9.17) is 10.9 Å². The molecule has 0 amide bonds. The molecule has 6 nitrogen and oxygen atoms in total. The van der Waals surface area contributed by atoms with Crippen LogP contribution in [0.2, 0.25) is 0 Å². The van der Waals surface area contributed by atoms with Gasteiger partial charge in [0.05, 0.1) is 11.3 Å². The molecule has 1 fully saturated rings. The predicted octanol–water partition coefficient (Wildman–Crippen LogP) is 1.18. The van der Waals surface area contributed by atoms with Gasteiger partial charge < -0.3 is 15.8 Å². The van der Waals surface area contributed by atoms with Crippen molar-refractivity contribution in [1.82, 2.24) is 10.2 Å². The molecule has 0 aromatic carbocycles. The van der Waals surface area contributed by atoms with Gasteiger partial charge in [-0.2, -0.15) is 5.10 Å². The number of anilines is 1. The second-order valence-electron chi connectivity index (χ2n) is 4.78. The molecule has 0 aliphatic carbocycles. The van der Waals surface area contributed by atoms with Gasteiger partial charge in [-0.3, -0.25) is 0 Å². The van der Waals surface area contributed by atoms with Crippen LogP contribution in [-0.4, -0.2) is 33.8 Å². The molecule has 98 valence electrons. The Bertz CT molecular complexity index is 486. The fourth-order valence-corrected chi connectivity index (χ4v) is 2.40. The van der Waals surface area contributed by atoms with E-state index in [2.05, 4.69) is 27.2 Å². The van der Waals surface area contributed by atoms with Crippen LogP contribution in [0.15, 0.2) is 5.16 Å². The highest BCUT2D eigenvalue weighted by Gasteiger charge is 2.27. The molecule has 2 heterocycles. The first-order chi connectivity index (χ1) is 8.56. The number of amidine groups is 1. The Morgan fingerprint density at radius 3 is 2.72 bits per heavy atom. The molecular formula is C12H19N5O. The number of rotatable bonds is 2. The van der Waals surface area contributed by atoms with Crippen molar-refractivity contribution in [3.63, 3.8) is 0 Å². The maximum absolute atomic E-state index is 8.93. The summed E-state index contributed by atoms with van der Waals surface area (Å²) >= 11 is 0. The van der Waals surface area contributed by atoms with E-state index in [1.54, 1.807) is 0 Å². The lowest BCUT2D eigenvalue weighted by Gasteiger charge is -2.25. The van der Waals surface area contributed by atoms with Crippen molar-refractivity contribution in [3.05, 3.63) is 16.8 Å². The molecule has 3 N–H and O–H groups in total. The number of aromatic nitrogens is 2. The van der Waals surface area contributed by atoms with Crippen molar-refractivity contribution in [3.8, 4) is 0 Å². The van der Waals surface area contributed by atoms with Crippen molar-refractivity contribution in [2.24, 2.45) is 10.9 Å². The molecule has 1 aromatic heterocycles. The first-order valence-electron chi connectivity index (χ1n) is 6.14. The van der Waals surface area contributed by atoms with Crippen LogP contribution in [0.25, 0.3) is 0 Å². The molecule has 2 rings (SSSR count). The third kappa shape index (κ3) is 1.98. The molecule has 0 bridgehead atoms. The summed E-state index contributed by atoms with van der Waals surface area (Å²) in [5, 5.41) is 20.4. The van der Waals surface area contributed by atoms with Gasteiger partial charge in [-0.25, -0.2) is 0 Å². The Morgan fingerprint density at radius 2 is 2.17 bits per heavy atom. The number of nitrogens with two attached hydrogens (primary N) is 1. The lowest BCUT2D eigenvalue weighted by molar-refractivity contribution is 0.318. The third-order valence-electron chi connectivity index (χ3n) is 3.62. The van der Waals surface area contributed by atoms with Crippen molar-refractivity contribution in [1.29, 1.82) is 0 Å². The van der Waals surface area contributed by atoms with Crippen molar-refractivity contribution in [2.75, 3.05) is 11.4 Å². The summed E-state index contributed by atoms with van der Waals surface area (Å²) in [7, 11) is 0. The Morgan fingerprint density at radius 1 is 1.44 bits per heavy atom. The van der Waals surface area contributed by atoms with E-state index in [1.165, 1.54) is 0 Å². The summed E-state index contributed by atoms with van der Waals surface area (Å²) in [5.74, 6) is 0.818. The zero-order valence-corrected chi connectivity index (χ0v) is 11.0. The highest BCUT2D eigenvalue weighted by atomic mass is 16.4. The topological polar surface area (TPSA) is 87.6 Å². The van der Waals surface area contributed by atoms with E-state index in [-0.39, 0.29) is 5.84 Å². The lowest BCUT2D eigenvalue weighted by atomic mass is 10.1. The Labute approximate surface area is 106 Å². The minimum Gasteiger partial charge on any atom is -0.409 e. The summed E-state index contributed by atoms with van der Waals surface area (Å²) in [4.78, 5) is 2.17. The summed E-state index contributed by atoms with van der Waals surface area (Å²) in [6, 6.07) is 0.409. The number of hydrogen-bond donors (Lipinski definition) is 2. The van der Waals surface area contributed by atoms with E-state index < -0.39 is 0 Å². The number of oxime groups is 1. The average Bonchev–Trinajstić information content (AvgIpc) is 2.78. The van der Waals surface area contributed by atoms with E-state index in [0.29, 0.717) is 11.6 Å². The van der Waals surface area contributed by atoms with Crippen LogP contribution in [0.4, 0.5) is 5.82 Å². The van der Waals surface area contributed by atoms with Gasteiger partial charge in [-0.1, -0.05) is 5.16 Å². The highest BCUT2D eigenvalue weighted by Crippen LogP contribution is 2.28. The third-order valence-corrected chi connectivity index (χ3v) is 3.62. The molecule has 0 spiro atoms. The second-order valence-corrected chi connectivity index (χ2v) is 4.78. The van der Waals surface area contributed by atoms with Crippen molar-refractivity contribution in [2.45, 2.75) is 39.7 Å². The molecule has 1 saturated heterocycles.